The number of hydrogen-bond acceptors (Lipinski definition) is 1. The molecule has 0 aliphatic carbocycles. The molecule has 0 aromatic carbocycles. The number of halogens is 1. The van der Waals surface area contributed by atoms with Crippen molar-refractivity contribution in [2.45, 2.75) is 13.3 Å². The third-order valence-electron chi connectivity index (χ3n) is 1.67. The monoisotopic (exact) mass is 225 g/mol. The smallest absolute Gasteiger partial charge is 0.0629 e. The van der Waals surface area contributed by atoms with Gasteiger partial charge in [-0.15, -0.1) is 0 Å². The van der Waals surface area contributed by atoms with E-state index in [0.717, 1.165) is 17.4 Å². The van der Waals surface area contributed by atoms with Crippen LogP contribution in [-0.2, 0) is 0 Å². The van der Waals surface area contributed by atoms with E-state index in [0.29, 0.717) is 0 Å². The standard InChI is InChI=1S/C10H12BrN/c1-2-9(8-11)7-10-5-3-4-6-12-10/h3-7H,2,8H2,1H3/b9-7-. The number of allylic oxidation sites excluding steroid dienone is 1. The van der Waals surface area contributed by atoms with Crippen molar-refractivity contribution in [2.24, 2.45) is 0 Å². The summed E-state index contributed by atoms with van der Waals surface area (Å²) in [6.07, 6.45) is 5.00. The average molecular weight is 226 g/mol. The Kier molecular flexibility index (Phi) is 4.01. The van der Waals surface area contributed by atoms with Crippen LogP contribution >= 0.6 is 15.9 Å². The van der Waals surface area contributed by atoms with Crippen LogP contribution in [-0.4, -0.2) is 10.3 Å². The molecule has 0 bridgehead atoms. The van der Waals surface area contributed by atoms with Crippen molar-refractivity contribution >= 4 is 22.0 Å². The highest BCUT2D eigenvalue weighted by molar-refractivity contribution is 9.09. The van der Waals surface area contributed by atoms with E-state index < -0.39 is 0 Å². The Morgan fingerprint density at radius 1 is 1.58 bits per heavy atom. The molecule has 0 N–H and O–H groups in total. The molecule has 1 aromatic heterocycles. The van der Waals surface area contributed by atoms with E-state index >= 15 is 0 Å². The third kappa shape index (κ3) is 2.78. The van der Waals surface area contributed by atoms with Gasteiger partial charge in [-0.3, -0.25) is 4.98 Å². The minimum atomic E-state index is 0.931. The predicted molar refractivity (Wildman–Crippen MR) is 56.3 cm³/mol. The fraction of sp³-hybridized carbons (Fsp3) is 0.300. The second-order valence-electron chi connectivity index (χ2n) is 2.54. The number of pyridine rings is 1. The van der Waals surface area contributed by atoms with Crippen LogP contribution in [0.2, 0.25) is 0 Å². The van der Waals surface area contributed by atoms with Crippen molar-refractivity contribution in [3.05, 3.63) is 35.7 Å². The van der Waals surface area contributed by atoms with Crippen LogP contribution in [0.4, 0.5) is 0 Å². The highest BCUT2D eigenvalue weighted by Crippen LogP contribution is 2.09. The van der Waals surface area contributed by atoms with E-state index in [2.05, 4.69) is 33.9 Å². The van der Waals surface area contributed by atoms with Crippen molar-refractivity contribution in [2.75, 3.05) is 5.33 Å². The van der Waals surface area contributed by atoms with Gasteiger partial charge in [0, 0.05) is 11.5 Å². The lowest BCUT2D eigenvalue weighted by Crippen LogP contribution is -1.84. The zero-order chi connectivity index (χ0) is 8.81. The molecule has 0 saturated heterocycles. The fourth-order valence-corrected chi connectivity index (χ4v) is 1.46. The molecule has 0 fully saturated rings. The van der Waals surface area contributed by atoms with Gasteiger partial charge in [0.05, 0.1) is 5.69 Å². The zero-order valence-electron chi connectivity index (χ0n) is 7.13. The summed E-state index contributed by atoms with van der Waals surface area (Å²) >= 11 is 3.44. The minimum Gasteiger partial charge on any atom is -0.257 e. The topological polar surface area (TPSA) is 12.9 Å². The van der Waals surface area contributed by atoms with Crippen molar-refractivity contribution in [1.29, 1.82) is 0 Å². The molecule has 1 rings (SSSR count). The largest absolute Gasteiger partial charge is 0.257 e. The van der Waals surface area contributed by atoms with Crippen molar-refractivity contribution in [3.63, 3.8) is 0 Å². The van der Waals surface area contributed by atoms with Crippen LogP contribution in [0.3, 0.4) is 0 Å². The van der Waals surface area contributed by atoms with Crippen molar-refractivity contribution in [1.82, 2.24) is 4.98 Å². The maximum atomic E-state index is 4.22. The number of rotatable bonds is 3. The fourth-order valence-electron chi connectivity index (χ4n) is 0.906. The first-order valence-corrected chi connectivity index (χ1v) is 5.15. The molecule has 0 saturated carbocycles. The van der Waals surface area contributed by atoms with Crippen LogP contribution < -0.4 is 0 Å². The zero-order valence-corrected chi connectivity index (χ0v) is 8.71. The molecule has 2 heteroatoms. The third-order valence-corrected chi connectivity index (χ3v) is 2.39. The van der Waals surface area contributed by atoms with Gasteiger partial charge in [-0.2, -0.15) is 0 Å². The molecule has 1 nitrogen and oxygen atoms in total. The quantitative estimate of drug-likeness (QED) is 0.721. The molecule has 0 spiro atoms. The van der Waals surface area contributed by atoms with Gasteiger partial charge in [-0.25, -0.2) is 0 Å². The molecule has 0 amide bonds. The van der Waals surface area contributed by atoms with Crippen LogP contribution in [0.25, 0.3) is 6.08 Å². The van der Waals surface area contributed by atoms with Crippen molar-refractivity contribution < 1.29 is 0 Å². The van der Waals surface area contributed by atoms with E-state index in [1.807, 2.05) is 24.4 Å². The molecular formula is C10H12BrN. The summed E-state index contributed by atoms with van der Waals surface area (Å²) in [5, 5.41) is 0.931. The summed E-state index contributed by atoms with van der Waals surface area (Å²) in [4.78, 5) is 4.22. The SMILES string of the molecule is CC/C(=C/c1ccccn1)CBr. The number of aromatic nitrogens is 1. The summed E-state index contributed by atoms with van der Waals surface area (Å²) in [6.45, 7) is 2.15. The van der Waals surface area contributed by atoms with Gasteiger partial charge in [0.15, 0.2) is 0 Å². The Balaban J connectivity index is 2.79. The molecule has 0 radical (unpaired) electrons. The molecule has 1 aromatic rings. The predicted octanol–water partition coefficient (Wildman–Crippen LogP) is 3.27. The normalized spacial score (nSPS) is 11.7. The van der Waals surface area contributed by atoms with E-state index in [-0.39, 0.29) is 0 Å². The highest BCUT2D eigenvalue weighted by atomic mass is 79.9. The average Bonchev–Trinajstić information content (AvgIpc) is 2.16. The lowest BCUT2D eigenvalue weighted by Gasteiger charge is -1.97. The summed E-state index contributed by atoms with van der Waals surface area (Å²) in [6, 6.07) is 5.94. The van der Waals surface area contributed by atoms with Crippen molar-refractivity contribution in [3.8, 4) is 0 Å². The summed E-state index contributed by atoms with van der Waals surface area (Å²) in [7, 11) is 0. The Labute approximate surface area is 81.7 Å². The Morgan fingerprint density at radius 3 is 2.92 bits per heavy atom. The van der Waals surface area contributed by atoms with E-state index in [4.69, 9.17) is 0 Å². The van der Waals surface area contributed by atoms with E-state index in [9.17, 15) is 0 Å². The van der Waals surface area contributed by atoms with Crippen LogP contribution in [0.1, 0.15) is 19.0 Å². The van der Waals surface area contributed by atoms with E-state index in [1.165, 1.54) is 5.57 Å². The van der Waals surface area contributed by atoms with Gasteiger partial charge in [-0.1, -0.05) is 34.5 Å². The summed E-state index contributed by atoms with van der Waals surface area (Å²) < 4.78 is 0. The van der Waals surface area contributed by atoms with Crippen LogP contribution in [0.5, 0.6) is 0 Å². The Morgan fingerprint density at radius 2 is 2.42 bits per heavy atom. The highest BCUT2D eigenvalue weighted by Gasteiger charge is 1.92. The van der Waals surface area contributed by atoms with Crippen LogP contribution in [0, 0.1) is 0 Å². The number of nitrogens with zero attached hydrogens (tertiary/aromatic N) is 1. The molecule has 0 atom stereocenters. The van der Waals surface area contributed by atoms with Gasteiger partial charge >= 0.3 is 0 Å². The lowest BCUT2D eigenvalue weighted by atomic mass is 10.2. The molecule has 0 unspecified atom stereocenters. The second kappa shape index (κ2) is 5.09. The van der Waals surface area contributed by atoms with Crippen LogP contribution in [0.15, 0.2) is 30.0 Å². The number of hydrogen-bond donors (Lipinski definition) is 0. The Hall–Kier alpha value is -0.630. The molecule has 0 aliphatic rings. The minimum absolute atomic E-state index is 0.931. The maximum Gasteiger partial charge on any atom is 0.0629 e. The molecular weight excluding hydrogens is 214 g/mol. The first-order valence-electron chi connectivity index (χ1n) is 4.03. The van der Waals surface area contributed by atoms with Gasteiger partial charge < -0.3 is 0 Å². The Bertz CT molecular complexity index is 248. The van der Waals surface area contributed by atoms with Gasteiger partial charge in [0.25, 0.3) is 0 Å². The second-order valence-corrected chi connectivity index (χ2v) is 3.11. The summed E-state index contributed by atoms with van der Waals surface area (Å²) in [5.74, 6) is 0. The van der Waals surface area contributed by atoms with Gasteiger partial charge in [-0.05, 0) is 24.6 Å². The molecule has 0 aliphatic heterocycles. The first-order chi connectivity index (χ1) is 5.86. The molecule has 64 valence electrons. The summed E-state index contributed by atoms with van der Waals surface area (Å²) in [5.41, 5.74) is 2.41. The van der Waals surface area contributed by atoms with Gasteiger partial charge in [0.2, 0.25) is 0 Å². The van der Waals surface area contributed by atoms with E-state index in [1.54, 1.807) is 0 Å². The lowest BCUT2D eigenvalue weighted by molar-refractivity contribution is 1.12. The first kappa shape index (κ1) is 9.46. The molecule has 1 heterocycles. The number of alkyl halides is 1. The van der Waals surface area contributed by atoms with Gasteiger partial charge in [0.1, 0.15) is 0 Å². The molecule has 12 heavy (non-hydrogen) atoms. The maximum absolute atomic E-state index is 4.22.